The molecule has 0 aliphatic carbocycles. The summed E-state index contributed by atoms with van der Waals surface area (Å²) >= 11 is 0. The fourth-order valence-electron chi connectivity index (χ4n) is 2.56. The molecule has 6 nitrogen and oxygen atoms in total. The minimum absolute atomic E-state index is 0.0280. The van der Waals surface area contributed by atoms with Crippen molar-refractivity contribution in [2.24, 2.45) is 10.7 Å². The number of nitrogens with one attached hydrogen (secondary N) is 1. The van der Waals surface area contributed by atoms with Crippen LogP contribution in [0.3, 0.4) is 0 Å². The van der Waals surface area contributed by atoms with E-state index in [0.717, 1.165) is 18.8 Å². The second-order valence-corrected chi connectivity index (χ2v) is 5.40. The topological polar surface area (TPSA) is 77.5 Å². The molecular formula is C15H16F3N5O. The van der Waals surface area contributed by atoms with E-state index < -0.39 is 6.36 Å². The van der Waals surface area contributed by atoms with Crippen LogP contribution in [0.2, 0.25) is 0 Å². The molecule has 2 heterocycles. The lowest BCUT2D eigenvalue weighted by Gasteiger charge is -2.20. The summed E-state index contributed by atoms with van der Waals surface area (Å²) in [6.07, 6.45) is 0.537. The van der Waals surface area contributed by atoms with Gasteiger partial charge in [0.15, 0.2) is 5.96 Å². The molecule has 1 unspecified atom stereocenters. The Morgan fingerprint density at radius 2 is 2.08 bits per heavy atom. The Bertz CT molecular complexity index is 723. The summed E-state index contributed by atoms with van der Waals surface area (Å²) in [7, 11) is 0. The number of aromatic nitrogens is 2. The maximum Gasteiger partial charge on any atom is 0.573 e. The predicted octanol–water partition coefficient (Wildman–Crippen LogP) is 2.52. The van der Waals surface area contributed by atoms with Gasteiger partial charge in [0.05, 0.1) is 6.04 Å². The first-order chi connectivity index (χ1) is 11.4. The van der Waals surface area contributed by atoms with Crippen LogP contribution in [0.4, 0.5) is 18.9 Å². The maximum absolute atomic E-state index is 12.1. The van der Waals surface area contributed by atoms with E-state index in [-0.39, 0.29) is 17.8 Å². The molecule has 0 spiro atoms. The zero-order valence-electron chi connectivity index (χ0n) is 12.6. The van der Waals surface area contributed by atoms with Crippen LogP contribution in [0.25, 0.3) is 0 Å². The number of fused-ring (bicyclic) bond motifs is 1. The Morgan fingerprint density at radius 3 is 2.79 bits per heavy atom. The predicted molar refractivity (Wildman–Crippen MR) is 82.7 cm³/mol. The lowest BCUT2D eigenvalue weighted by Crippen LogP contribution is -2.29. The molecule has 1 aromatic heterocycles. The molecule has 128 valence electrons. The average molecular weight is 339 g/mol. The molecule has 0 bridgehead atoms. The third kappa shape index (κ3) is 4.18. The third-order valence-corrected chi connectivity index (χ3v) is 3.61. The van der Waals surface area contributed by atoms with E-state index in [9.17, 15) is 13.2 Å². The number of alkyl halides is 3. The van der Waals surface area contributed by atoms with Gasteiger partial charge >= 0.3 is 6.36 Å². The monoisotopic (exact) mass is 339 g/mol. The molecular weight excluding hydrogens is 323 g/mol. The summed E-state index contributed by atoms with van der Waals surface area (Å²) in [6.45, 7) is 0.834. The molecule has 0 saturated heterocycles. The number of halogens is 3. The van der Waals surface area contributed by atoms with Crippen LogP contribution in [-0.2, 0) is 13.0 Å². The van der Waals surface area contributed by atoms with Crippen LogP contribution < -0.4 is 15.8 Å². The highest BCUT2D eigenvalue weighted by atomic mass is 19.4. The smallest absolute Gasteiger partial charge is 0.406 e. The summed E-state index contributed by atoms with van der Waals surface area (Å²) in [5, 5.41) is 2.86. The van der Waals surface area contributed by atoms with Gasteiger partial charge in [-0.25, -0.2) is 9.98 Å². The number of ether oxygens (including phenoxy) is 1. The molecule has 9 heteroatoms. The van der Waals surface area contributed by atoms with Crippen LogP contribution in [0.5, 0.6) is 5.75 Å². The van der Waals surface area contributed by atoms with Gasteiger partial charge in [-0.15, -0.1) is 13.2 Å². The zero-order valence-corrected chi connectivity index (χ0v) is 12.6. The number of nitrogens with zero attached hydrogens (tertiary/aromatic N) is 3. The van der Waals surface area contributed by atoms with Crippen molar-refractivity contribution in [1.82, 2.24) is 9.55 Å². The fourth-order valence-corrected chi connectivity index (χ4v) is 2.56. The second-order valence-electron chi connectivity index (χ2n) is 5.40. The van der Waals surface area contributed by atoms with Crippen LogP contribution in [0, 0.1) is 0 Å². The van der Waals surface area contributed by atoms with Crippen molar-refractivity contribution in [1.29, 1.82) is 0 Å². The van der Waals surface area contributed by atoms with E-state index in [1.165, 1.54) is 24.3 Å². The van der Waals surface area contributed by atoms with E-state index >= 15 is 0 Å². The van der Waals surface area contributed by atoms with Gasteiger partial charge in [-0.3, -0.25) is 0 Å². The molecule has 24 heavy (non-hydrogen) atoms. The molecule has 0 fully saturated rings. The van der Waals surface area contributed by atoms with Gasteiger partial charge in [-0.1, -0.05) is 0 Å². The molecule has 0 amide bonds. The van der Waals surface area contributed by atoms with Gasteiger partial charge in [0.1, 0.15) is 11.6 Å². The van der Waals surface area contributed by atoms with Gasteiger partial charge in [0, 0.05) is 31.0 Å². The number of anilines is 1. The highest BCUT2D eigenvalue weighted by Gasteiger charge is 2.30. The first kappa shape index (κ1) is 16.2. The lowest BCUT2D eigenvalue weighted by molar-refractivity contribution is -0.274. The Kier molecular flexibility index (Phi) is 4.32. The molecule has 1 aromatic carbocycles. The molecule has 1 aliphatic heterocycles. The van der Waals surface area contributed by atoms with Crippen LogP contribution in [0.1, 0.15) is 12.2 Å². The minimum atomic E-state index is -4.71. The van der Waals surface area contributed by atoms with E-state index in [2.05, 4.69) is 24.6 Å². The van der Waals surface area contributed by atoms with E-state index in [1.54, 1.807) is 6.20 Å². The summed E-state index contributed by atoms with van der Waals surface area (Å²) in [6, 6.07) is 5.33. The Labute approximate surface area is 136 Å². The standard InChI is InChI=1S/C15H16F3N5O/c16-15(17,18)24-12-3-1-10(2-4-12)21-14(19)22-11-5-7-23-8-6-20-13(23)9-11/h1-4,6,8,11H,5,7,9H2,(H3,19,21,22). The van der Waals surface area contributed by atoms with Crippen molar-refractivity contribution in [3.05, 3.63) is 42.5 Å². The van der Waals surface area contributed by atoms with Crippen molar-refractivity contribution >= 4 is 11.6 Å². The summed E-state index contributed by atoms with van der Waals surface area (Å²) in [4.78, 5) is 8.67. The number of rotatable bonds is 3. The Hall–Kier alpha value is -2.71. The number of aryl methyl sites for hydroxylation is 1. The number of hydrogen-bond donors (Lipinski definition) is 2. The van der Waals surface area contributed by atoms with Crippen molar-refractivity contribution in [2.75, 3.05) is 5.32 Å². The molecule has 0 radical (unpaired) electrons. The van der Waals surface area contributed by atoms with Crippen molar-refractivity contribution in [3.8, 4) is 5.75 Å². The van der Waals surface area contributed by atoms with Crippen molar-refractivity contribution < 1.29 is 17.9 Å². The third-order valence-electron chi connectivity index (χ3n) is 3.61. The highest BCUT2D eigenvalue weighted by molar-refractivity contribution is 5.92. The van der Waals surface area contributed by atoms with Crippen LogP contribution in [0.15, 0.2) is 41.7 Å². The minimum Gasteiger partial charge on any atom is -0.406 e. The second kappa shape index (κ2) is 6.42. The van der Waals surface area contributed by atoms with E-state index in [1.807, 2.05) is 6.20 Å². The summed E-state index contributed by atoms with van der Waals surface area (Å²) < 4.78 is 42.2. The number of hydrogen-bond acceptors (Lipinski definition) is 3. The van der Waals surface area contributed by atoms with Crippen LogP contribution >= 0.6 is 0 Å². The molecule has 0 saturated carbocycles. The average Bonchev–Trinajstić information content (AvgIpc) is 2.95. The van der Waals surface area contributed by atoms with Gasteiger partial charge in [-0.05, 0) is 30.7 Å². The van der Waals surface area contributed by atoms with Crippen molar-refractivity contribution in [3.63, 3.8) is 0 Å². The fraction of sp³-hybridized carbons (Fsp3) is 0.333. The quantitative estimate of drug-likeness (QED) is 0.665. The van der Waals surface area contributed by atoms with Crippen LogP contribution in [-0.4, -0.2) is 27.9 Å². The number of imidazole rings is 1. The van der Waals surface area contributed by atoms with E-state index in [0.29, 0.717) is 12.1 Å². The number of nitrogens with two attached hydrogens (primary N) is 1. The summed E-state index contributed by atoms with van der Waals surface area (Å²) in [5.41, 5.74) is 6.40. The molecule has 1 aliphatic rings. The zero-order chi connectivity index (χ0) is 17.2. The maximum atomic E-state index is 12.1. The normalized spacial score (nSPS) is 18.1. The molecule has 3 rings (SSSR count). The Balaban J connectivity index is 1.59. The highest BCUT2D eigenvalue weighted by Crippen LogP contribution is 2.24. The summed E-state index contributed by atoms with van der Waals surface area (Å²) in [5.74, 6) is 0.892. The van der Waals surface area contributed by atoms with Gasteiger partial charge in [0.25, 0.3) is 0 Å². The van der Waals surface area contributed by atoms with Gasteiger partial charge in [0.2, 0.25) is 0 Å². The van der Waals surface area contributed by atoms with Gasteiger partial charge < -0.3 is 20.4 Å². The van der Waals surface area contributed by atoms with E-state index in [4.69, 9.17) is 5.73 Å². The first-order valence-corrected chi connectivity index (χ1v) is 7.35. The first-order valence-electron chi connectivity index (χ1n) is 7.35. The largest absolute Gasteiger partial charge is 0.573 e. The number of aliphatic imine (C=N–C) groups is 1. The SMILES string of the molecule is NC(=NC1CCn2ccnc2C1)Nc1ccc(OC(F)(F)F)cc1. The van der Waals surface area contributed by atoms with Gasteiger partial charge in [-0.2, -0.15) is 0 Å². The van der Waals surface area contributed by atoms with Crippen molar-refractivity contribution in [2.45, 2.75) is 31.8 Å². The lowest BCUT2D eigenvalue weighted by atomic mass is 10.1. The number of benzene rings is 1. The molecule has 3 N–H and O–H groups in total. The molecule has 2 aromatic rings. The molecule has 1 atom stereocenters. The number of guanidine groups is 1. The Morgan fingerprint density at radius 1 is 1.33 bits per heavy atom.